The third-order valence-electron chi connectivity index (χ3n) is 2.63. The summed E-state index contributed by atoms with van der Waals surface area (Å²) in [6.07, 6.45) is 1.47. The standard InChI is InChI=1S/C14H15N3O2/c1-15-9-10-5-2-3-6-11(10)17-14(19)13-12(18)7-4-8-16-13/h2-8,15,18H,9H2,1H3,(H,17,19). The molecule has 98 valence electrons. The second-order valence-electron chi connectivity index (χ2n) is 4.01. The quantitative estimate of drug-likeness (QED) is 0.780. The topological polar surface area (TPSA) is 74.2 Å². The summed E-state index contributed by atoms with van der Waals surface area (Å²) in [4.78, 5) is 15.9. The van der Waals surface area contributed by atoms with Gasteiger partial charge in [0.15, 0.2) is 5.69 Å². The first kappa shape index (κ1) is 13.0. The lowest BCUT2D eigenvalue weighted by Gasteiger charge is -2.10. The molecule has 0 saturated carbocycles. The monoisotopic (exact) mass is 257 g/mol. The number of pyridine rings is 1. The van der Waals surface area contributed by atoms with Gasteiger partial charge in [0.05, 0.1) is 0 Å². The van der Waals surface area contributed by atoms with Gasteiger partial charge in [-0.15, -0.1) is 0 Å². The summed E-state index contributed by atoms with van der Waals surface area (Å²) >= 11 is 0. The number of hydrogen-bond acceptors (Lipinski definition) is 4. The van der Waals surface area contributed by atoms with Crippen molar-refractivity contribution in [2.75, 3.05) is 12.4 Å². The average Bonchev–Trinajstić information content (AvgIpc) is 2.41. The van der Waals surface area contributed by atoms with Crippen LogP contribution in [-0.2, 0) is 6.54 Å². The molecule has 0 atom stereocenters. The summed E-state index contributed by atoms with van der Waals surface area (Å²) < 4.78 is 0. The van der Waals surface area contributed by atoms with Crippen LogP contribution in [-0.4, -0.2) is 23.0 Å². The number of anilines is 1. The molecule has 19 heavy (non-hydrogen) atoms. The lowest BCUT2D eigenvalue weighted by Crippen LogP contribution is -2.16. The zero-order valence-corrected chi connectivity index (χ0v) is 10.6. The Morgan fingerprint density at radius 2 is 2.05 bits per heavy atom. The molecular formula is C14H15N3O2. The number of carbonyl (C=O) groups is 1. The third-order valence-corrected chi connectivity index (χ3v) is 2.63. The van der Waals surface area contributed by atoms with Gasteiger partial charge in [-0.1, -0.05) is 18.2 Å². The van der Waals surface area contributed by atoms with Crippen LogP contribution in [0.1, 0.15) is 16.1 Å². The number of aromatic hydroxyl groups is 1. The van der Waals surface area contributed by atoms with Gasteiger partial charge in [-0.25, -0.2) is 4.98 Å². The van der Waals surface area contributed by atoms with E-state index < -0.39 is 5.91 Å². The number of para-hydroxylation sites is 1. The van der Waals surface area contributed by atoms with Crippen LogP contribution in [0.2, 0.25) is 0 Å². The molecule has 0 radical (unpaired) electrons. The molecule has 2 aromatic rings. The average molecular weight is 257 g/mol. The Hall–Kier alpha value is -2.40. The van der Waals surface area contributed by atoms with Gasteiger partial charge < -0.3 is 15.7 Å². The van der Waals surface area contributed by atoms with Gasteiger partial charge in [0.1, 0.15) is 5.75 Å². The Kier molecular flexibility index (Phi) is 4.10. The van der Waals surface area contributed by atoms with Crippen LogP contribution in [0, 0.1) is 0 Å². The van der Waals surface area contributed by atoms with Crippen LogP contribution in [0.25, 0.3) is 0 Å². The molecule has 0 aliphatic rings. The van der Waals surface area contributed by atoms with Crippen LogP contribution in [0.4, 0.5) is 5.69 Å². The number of benzene rings is 1. The van der Waals surface area contributed by atoms with E-state index in [1.807, 2.05) is 31.3 Å². The van der Waals surface area contributed by atoms with E-state index in [1.54, 1.807) is 6.07 Å². The van der Waals surface area contributed by atoms with Crippen molar-refractivity contribution in [2.45, 2.75) is 6.54 Å². The maximum atomic E-state index is 12.0. The van der Waals surface area contributed by atoms with Crippen molar-refractivity contribution in [1.82, 2.24) is 10.3 Å². The van der Waals surface area contributed by atoms with Crippen molar-refractivity contribution >= 4 is 11.6 Å². The highest BCUT2D eigenvalue weighted by atomic mass is 16.3. The van der Waals surface area contributed by atoms with Crippen LogP contribution in [0.3, 0.4) is 0 Å². The van der Waals surface area contributed by atoms with E-state index in [0.29, 0.717) is 12.2 Å². The van der Waals surface area contributed by atoms with Crippen LogP contribution in [0.5, 0.6) is 5.75 Å². The van der Waals surface area contributed by atoms with Gasteiger partial charge in [-0.05, 0) is 30.8 Å². The van der Waals surface area contributed by atoms with E-state index in [-0.39, 0.29) is 11.4 Å². The largest absolute Gasteiger partial charge is 0.505 e. The Morgan fingerprint density at radius 1 is 1.26 bits per heavy atom. The van der Waals surface area contributed by atoms with Crippen molar-refractivity contribution in [3.8, 4) is 5.75 Å². The van der Waals surface area contributed by atoms with E-state index in [9.17, 15) is 9.90 Å². The summed E-state index contributed by atoms with van der Waals surface area (Å²) in [5, 5.41) is 15.4. The zero-order valence-electron chi connectivity index (χ0n) is 10.6. The number of nitrogens with zero attached hydrogens (tertiary/aromatic N) is 1. The normalized spacial score (nSPS) is 10.2. The second-order valence-corrected chi connectivity index (χ2v) is 4.01. The zero-order chi connectivity index (χ0) is 13.7. The van der Waals surface area contributed by atoms with Crippen molar-refractivity contribution in [3.63, 3.8) is 0 Å². The van der Waals surface area contributed by atoms with Crippen LogP contribution in [0.15, 0.2) is 42.6 Å². The van der Waals surface area contributed by atoms with E-state index in [4.69, 9.17) is 0 Å². The minimum absolute atomic E-state index is 0.0155. The van der Waals surface area contributed by atoms with E-state index in [1.165, 1.54) is 12.3 Å². The van der Waals surface area contributed by atoms with Crippen molar-refractivity contribution in [3.05, 3.63) is 53.9 Å². The molecule has 1 aromatic carbocycles. The summed E-state index contributed by atoms with van der Waals surface area (Å²) in [5.74, 6) is -0.562. The lowest BCUT2D eigenvalue weighted by molar-refractivity contribution is 0.101. The van der Waals surface area contributed by atoms with Crippen molar-refractivity contribution in [1.29, 1.82) is 0 Å². The highest BCUT2D eigenvalue weighted by Crippen LogP contribution is 2.18. The SMILES string of the molecule is CNCc1ccccc1NC(=O)c1ncccc1O. The fourth-order valence-electron chi connectivity index (χ4n) is 1.74. The minimum Gasteiger partial charge on any atom is -0.505 e. The van der Waals surface area contributed by atoms with Gasteiger partial charge in [0.2, 0.25) is 0 Å². The fourth-order valence-corrected chi connectivity index (χ4v) is 1.74. The Bertz CT molecular complexity index is 584. The molecule has 0 aliphatic carbocycles. The lowest BCUT2D eigenvalue weighted by atomic mass is 10.1. The molecule has 0 fully saturated rings. The number of amides is 1. The molecule has 0 aliphatic heterocycles. The van der Waals surface area contributed by atoms with Crippen molar-refractivity contribution in [2.24, 2.45) is 0 Å². The third kappa shape index (κ3) is 3.08. The molecular weight excluding hydrogens is 242 g/mol. The van der Waals surface area contributed by atoms with E-state index >= 15 is 0 Å². The number of carbonyl (C=O) groups excluding carboxylic acids is 1. The molecule has 5 heteroatoms. The molecule has 0 bridgehead atoms. The summed E-state index contributed by atoms with van der Waals surface area (Å²) in [6, 6.07) is 10.5. The van der Waals surface area contributed by atoms with Crippen LogP contribution >= 0.6 is 0 Å². The maximum absolute atomic E-state index is 12.0. The maximum Gasteiger partial charge on any atom is 0.278 e. The number of nitrogens with one attached hydrogen (secondary N) is 2. The Morgan fingerprint density at radius 3 is 2.79 bits per heavy atom. The molecule has 1 amide bonds. The molecule has 3 N–H and O–H groups in total. The first-order valence-corrected chi connectivity index (χ1v) is 5.90. The first-order valence-electron chi connectivity index (χ1n) is 5.90. The van der Waals surface area contributed by atoms with Crippen LogP contribution < -0.4 is 10.6 Å². The Balaban J connectivity index is 2.22. The molecule has 5 nitrogen and oxygen atoms in total. The first-order chi connectivity index (χ1) is 9.22. The number of rotatable bonds is 4. The highest BCUT2D eigenvalue weighted by molar-refractivity contribution is 6.04. The van der Waals surface area contributed by atoms with Gasteiger partial charge in [-0.2, -0.15) is 0 Å². The van der Waals surface area contributed by atoms with Gasteiger partial charge in [0.25, 0.3) is 5.91 Å². The molecule has 0 spiro atoms. The molecule has 2 rings (SSSR count). The second kappa shape index (κ2) is 5.97. The number of aromatic nitrogens is 1. The molecule has 0 unspecified atom stereocenters. The highest BCUT2D eigenvalue weighted by Gasteiger charge is 2.13. The summed E-state index contributed by atoms with van der Waals surface area (Å²) in [5.41, 5.74) is 1.68. The smallest absolute Gasteiger partial charge is 0.278 e. The predicted molar refractivity (Wildman–Crippen MR) is 73.1 cm³/mol. The number of hydrogen-bond donors (Lipinski definition) is 3. The summed E-state index contributed by atoms with van der Waals surface area (Å²) in [6.45, 7) is 0.644. The fraction of sp³-hybridized carbons (Fsp3) is 0.143. The van der Waals surface area contributed by atoms with E-state index in [0.717, 1.165) is 5.56 Å². The molecule has 1 aromatic heterocycles. The minimum atomic E-state index is -0.429. The predicted octanol–water partition coefficient (Wildman–Crippen LogP) is 1.76. The molecule has 0 saturated heterocycles. The Labute approximate surface area is 111 Å². The van der Waals surface area contributed by atoms with Gasteiger partial charge in [0, 0.05) is 18.4 Å². The molecule has 1 heterocycles. The van der Waals surface area contributed by atoms with Gasteiger partial charge in [-0.3, -0.25) is 4.79 Å². The van der Waals surface area contributed by atoms with Crippen molar-refractivity contribution < 1.29 is 9.90 Å². The summed E-state index contributed by atoms with van der Waals surface area (Å²) in [7, 11) is 1.84. The van der Waals surface area contributed by atoms with E-state index in [2.05, 4.69) is 15.6 Å². The van der Waals surface area contributed by atoms with Gasteiger partial charge >= 0.3 is 0 Å².